The van der Waals surface area contributed by atoms with Gasteiger partial charge in [0.2, 0.25) is 5.89 Å². The Morgan fingerprint density at radius 2 is 2.15 bits per heavy atom. The number of nitrogens with one attached hydrogen (secondary N) is 1. The summed E-state index contributed by atoms with van der Waals surface area (Å²) in [5.74, 6) is 1.77. The molecule has 114 valence electrons. The van der Waals surface area contributed by atoms with Gasteiger partial charge in [0.15, 0.2) is 5.82 Å². The van der Waals surface area contributed by atoms with Crippen LogP contribution in [-0.4, -0.2) is 29.8 Å². The van der Waals surface area contributed by atoms with Crippen LogP contribution in [0.25, 0.3) is 0 Å². The minimum Gasteiger partial charge on any atom is -0.374 e. The first kappa shape index (κ1) is 15.4. The third-order valence-electron chi connectivity index (χ3n) is 4.16. The molecule has 0 aliphatic heterocycles. The summed E-state index contributed by atoms with van der Waals surface area (Å²) in [7, 11) is 1.66. The predicted molar refractivity (Wildman–Crippen MR) is 77.6 cm³/mol. The van der Waals surface area contributed by atoms with Gasteiger partial charge in [0.05, 0.1) is 5.92 Å². The lowest BCUT2D eigenvalue weighted by atomic mass is 9.94. The van der Waals surface area contributed by atoms with E-state index in [1.807, 2.05) is 6.92 Å². The molecule has 0 spiro atoms. The van der Waals surface area contributed by atoms with E-state index in [2.05, 4.69) is 22.4 Å². The van der Waals surface area contributed by atoms with E-state index in [1.54, 1.807) is 7.11 Å². The molecule has 0 amide bonds. The largest absolute Gasteiger partial charge is 0.374 e. The second-order valence-corrected chi connectivity index (χ2v) is 5.67. The Hall–Kier alpha value is -0.940. The summed E-state index contributed by atoms with van der Waals surface area (Å²) < 4.78 is 10.8. The molecule has 1 aliphatic rings. The normalized spacial score (nSPS) is 25.4. The summed E-state index contributed by atoms with van der Waals surface area (Å²) in [5.41, 5.74) is 0. The van der Waals surface area contributed by atoms with E-state index in [9.17, 15) is 0 Å². The van der Waals surface area contributed by atoms with Crippen LogP contribution in [0.1, 0.15) is 76.1 Å². The van der Waals surface area contributed by atoms with Crippen LogP contribution in [0.15, 0.2) is 4.52 Å². The number of ether oxygens (including phenoxy) is 1. The average molecular weight is 281 g/mol. The van der Waals surface area contributed by atoms with Gasteiger partial charge in [-0.3, -0.25) is 0 Å². The van der Waals surface area contributed by atoms with Gasteiger partial charge in [-0.15, -0.1) is 0 Å². The molecule has 1 aromatic heterocycles. The molecule has 3 unspecified atom stereocenters. The Kier molecular flexibility index (Phi) is 5.98. The fourth-order valence-corrected chi connectivity index (χ4v) is 2.85. The quantitative estimate of drug-likeness (QED) is 0.811. The van der Waals surface area contributed by atoms with Crippen LogP contribution in [0.5, 0.6) is 0 Å². The van der Waals surface area contributed by atoms with Crippen LogP contribution in [0.4, 0.5) is 0 Å². The van der Waals surface area contributed by atoms with Gasteiger partial charge >= 0.3 is 0 Å². The van der Waals surface area contributed by atoms with E-state index >= 15 is 0 Å². The second-order valence-electron chi connectivity index (χ2n) is 5.67. The zero-order valence-electron chi connectivity index (χ0n) is 12.9. The van der Waals surface area contributed by atoms with E-state index in [-0.39, 0.29) is 6.10 Å². The molecule has 20 heavy (non-hydrogen) atoms. The summed E-state index contributed by atoms with van der Waals surface area (Å²) >= 11 is 0. The van der Waals surface area contributed by atoms with Crippen molar-refractivity contribution in [3.8, 4) is 0 Å². The number of aromatic nitrogens is 2. The Balaban J connectivity index is 2.10. The molecule has 1 N–H and O–H groups in total. The maximum atomic E-state index is 5.51. The van der Waals surface area contributed by atoms with E-state index < -0.39 is 0 Å². The fraction of sp³-hybridized carbons (Fsp3) is 0.867. The van der Waals surface area contributed by atoms with Gasteiger partial charge in [0.1, 0.15) is 6.10 Å². The van der Waals surface area contributed by atoms with Crippen LogP contribution in [-0.2, 0) is 4.74 Å². The zero-order chi connectivity index (χ0) is 14.4. The Labute approximate surface area is 121 Å². The van der Waals surface area contributed by atoms with Crippen molar-refractivity contribution in [2.45, 2.75) is 70.4 Å². The molecular weight excluding hydrogens is 254 g/mol. The SMILES string of the molecule is CCCNC1CCCCCC1c1nc(C(C)OC)no1. The lowest BCUT2D eigenvalue weighted by Crippen LogP contribution is -2.35. The minimum atomic E-state index is -0.111. The molecule has 1 aliphatic carbocycles. The number of nitrogens with zero attached hydrogens (tertiary/aromatic N) is 2. The van der Waals surface area contributed by atoms with Crippen molar-refractivity contribution in [3.63, 3.8) is 0 Å². The van der Waals surface area contributed by atoms with Crippen molar-refractivity contribution in [2.24, 2.45) is 0 Å². The van der Waals surface area contributed by atoms with Gasteiger partial charge < -0.3 is 14.6 Å². The predicted octanol–water partition coefficient (Wildman–Crippen LogP) is 3.19. The van der Waals surface area contributed by atoms with Gasteiger partial charge in [-0.25, -0.2) is 0 Å². The topological polar surface area (TPSA) is 60.2 Å². The average Bonchev–Trinajstić information content (AvgIpc) is 2.84. The standard InChI is InChI=1S/C15H27N3O2/c1-4-10-16-13-9-7-5-6-8-12(13)15-17-14(18-20-15)11(2)19-3/h11-13,16H,4-10H2,1-3H3. The monoisotopic (exact) mass is 281 g/mol. The number of hydrogen-bond donors (Lipinski definition) is 1. The minimum absolute atomic E-state index is 0.111. The van der Waals surface area contributed by atoms with E-state index in [0.717, 1.165) is 25.3 Å². The summed E-state index contributed by atoms with van der Waals surface area (Å²) in [6.07, 6.45) is 7.20. The maximum Gasteiger partial charge on any atom is 0.231 e. The highest BCUT2D eigenvalue weighted by Gasteiger charge is 2.29. The zero-order valence-corrected chi connectivity index (χ0v) is 12.9. The fourth-order valence-electron chi connectivity index (χ4n) is 2.85. The van der Waals surface area contributed by atoms with Crippen molar-refractivity contribution in [3.05, 3.63) is 11.7 Å². The first-order chi connectivity index (χ1) is 9.76. The van der Waals surface area contributed by atoms with Crippen molar-refractivity contribution in [2.75, 3.05) is 13.7 Å². The van der Waals surface area contributed by atoms with Crippen LogP contribution < -0.4 is 5.32 Å². The van der Waals surface area contributed by atoms with Gasteiger partial charge in [-0.2, -0.15) is 4.98 Å². The number of rotatable bonds is 6. The first-order valence-corrected chi connectivity index (χ1v) is 7.86. The summed E-state index contributed by atoms with van der Waals surface area (Å²) in [4.78, 5) is 4.56. The van der Waals surface area contributed by atoms with Crippen molar-refractivity contribution in [1.82, 2.24) is 15.5 Å². The van der Waals surface area contributed by atoms with Crippen molar-refractivity contribution in [1.29, 1.82) is 0 Å². The molecule has 2 rings (SSSR count). The highest BCUT2D eigenvalue weighted by molar-refractivity contribution is 5.01. The Bertz CT molecular complexity index is 394. The van der Waals surface area contributed by atoms with E-state index in [1.165, 1.54) is 25.7 Å². The number of hydrogen-bond acceptors (Lipinski definition) is 5. The van der Waals surface area contributed by atoms with Crippen LogP contribution in [0.3, 0.4) is 0 Å². The van der Waals surface area contributed by atoms with E-state index in [0.29, 0.717) is 17.8 Å². The smallest absolute Gasteiger partial charge is 0.231 e. The van der Waals surface area contributed by atoms with Crippen LogP contribution in [0.2, 0.25) is 0 Å². The molecule has 1 fully saturated rings. The highest BCUT2D eigenvalue weighted by atomic mass is 16.5. The summed E-state index contributed by atoms with van der Waals surface area (Å²) in [6, 6.07) is 0.462. The summed E-state index contributed by atoms with van der Waals surface area (Å²) in [6.45, 7) is 5.19. The lowest BCUT2D eigenvalue weighted by Gasteiger charge is -2.23. The van der Waals surface area contributed by atoms with E-state index in [4.69, 9.17) is 9.26 Å². The van der Waals surface area contributed by atoms with Crippen molar-refractivity contribution < 1.29 is 9.26 Å². The lowest BCUT2D eigenvalue weighted by molar-refractivity contribution is 0.109. The molecule has 1 heterocycles. The van der Waals surface area contributed by atoms with Gasteiger partial charge in [0, 0.05) is 13.2 Å². The molecular formula is C15H27N3O2. The third kappa shape index (κ3) is 3.79. The Morgan fingerprint density at radius 1 is 1.35 bits per heavy atom. The summed E-state index contributed by atoms with van der Waals surface area (Å²) in [5, 5.41) is 7.72. The number of methoxy groups -OCH3 is 1. The van der Waals surface area contributed by atoms with Gasteiger partial charge in [0.25, 0.3) is 0 Å². The van der Waals surface area contributed by atoms with Crippen molar-refractivity contribution >= 4 is 0 Å². The highest BCUT2D eigenvalue weighted by Crippen LogP contribution is 2.31. The molecule has 0 saturated heterocycles. The molecule has 1 saturated carbocycles. The van der Waals surface area contributed by atoms with Crippen LogP contribution >= 0.6 is 0 Å². The van der Waals surface area contributed by atoms with Crippen LogP contribution in [0, 0.1) is 0 Å². The molecule has 0 aromatic carbocycles. The molecule has 5 nitrogen and oxygen atoms in total. The molecule has 0 radical (unpaired) electrons. The Morgan fingerprint density at radius 3 is 2.90 bits per heavy atom. The molecule has 5 heteroatoms. The molecule has 1 aromatic rings. The first-order valence-electron chi connectivity index (χ1n) is 7.86. The maximum absolute atomic E-state index is 5.51. The van der Waals surface area contributed by atoms with Gasteiger partial charge in [-0.05, 0) is 32.7 Å². The molecule has 0 bridgehead atoms. The van der Waals surface area contributed by atoms with Gasteiger partial charge in [-0.1, -0.05) is 31.3 Å². The third-order valence-corrected chi connectivity index (χ3v) is 4.16. The second kappa shape index (κ2) is 7.74. The molecule has 3 atom stereocenters.